The van der Waals surface area contributed by atoms with Crippen LogP contribution in [0.4, 0.5) is 11.5 Å². The summed E-state index contributed by atoms with van der Waals surface area (Å²) in [5.41, 5.74) is 18.6. The molecule has 0 spiro atoms. The number of imidazole rings is 1. The van der Waals surface area contributed by atoms with Gasteiger partial charge in [0.05, 0.1) is 28.4 Å². The van der Waals surface area contributed by atoms with Crippen LogP contribution in [0.2, 0.25) is 0 Å². The molecule has 0 aliphatic heterocycles. The largest absolute Gasteiger partial charge is 0.507 e. The van der Waals surface area contributed by atoms with E-state index in [1.165, 1.54) is 12.1 Å². The van der Waals surface area contributed by atoms with Gasteiger partial charge in [0.2, 0.25) is 0 Å². The molecule has 4 aromatic heterocycles. The highest BCUT2D eigenvalue weighted by Gasteiger charge is 2.27. The van der Waals surface area contributed by atoms with Crippen molar-refractivity contribution in [2.75, 3.05) is 17.7 Å². The summed E-state index contributed by atoms with van der Waals surface area (Å²) in [5, 5.41) is 23.6. The van der Waals surface area contributed by atoms with E-state index in [2.05, 4.69) is 31.9 Å². The number of phenols is 1. The Hall–Kier alpha value is -6.44. The van der Waals surface area contributed by atoms with Crippen molar-refractivity contribution in [1.82, 2.24) is 34.6 Å². The molecule has 7 rings (SSSR count). The Morgan fingerprint density at radius 3 is 2.80 bits per heavy atom. The lowest BCUT2D eigenvalue weighted by atomic mass is 10.0. The minimum absolute atomic E-state index is 0.0167. The number of aromatic hydroxyl groups is 1. The van der Waals surface area contributed by atoms with E-state index in [9.17, 15) is 14.7 Å². The number of nitrogen functional groups attached to an aromatic ring is 1. The maximum atomic E-state index is 13.5. The monoisotopic (exact) mass is 613 g/mol. The molecule has 6 aromatic rings. The van der Waals surface area contributed by atoms with E-state index in [0.29, 0.717) is 53.3 Å². The van der Waals surface area contributed by atoms with Gasteiger partial charge in [0.15, 0.2) is 23.6 Å². The van der Waals surface area contributed by atoms with Crippen LogP contribution in [0, 0.1) is 5.53 Å². The molecule has 0 unspecified atom stereocenters. The Morgan fingerprint density at radius 2 is 2.02 bits per heavy atom. The molecule has 2 aromatic carbocycles. The highest BCUT2D eigenvalue weighted by molar-refractivity contribution is 6.02. The van der Waals surface area contributed by atoms with E-state index < -0.39 is 5.91 Å². The molecule has 14 heteroatoms. The summed E-state index contributed by atoms with van der Waals surface area (Å²) in [4.78, 5) is 39.0. The summed E-state index contributed by atoms with van der Waals surface area (Å²) in [5.74, 6) is 0.857. The summed E-state index contributed by atoms with van der Waals surface area (Å²) in [6, 6.07) is 17.6. The van der Waals surface area contributed by atoms with E-state index >= 15 is 0 Å². The standard InChI is InChI=1S/C32H27N11O3/c33-29-22(3-1-10-35-29)30-39-25-8-9-28(42-12-2-11-38-42)41-31(25)43(30)20-5-6-21-18(13-20)4-7-24(21)40-32(46)23-14-19(16-44)27(45)15-26(23)36-17-37-34/h1-3,5-6,8-16,24,34,36,45H,4,7,17H2,(H2,33,35)(H,40,46)/t24-/m0/s1. The lowest BCUT2D eigenvalue weighted by Crippen LogP contribution is -2.28. The van der Waals surface area contributed by atoms with E-state index in [4.69, 9.17) is 21.2 Å². The van der Waals surface area contributed by atoms with Gasteiger partial charge in [0.25, 0.3) is 5.91 Å². The molecule has 46 heavy (non-hydrogen) atoms. The molecular formula is C32H27N11O3. The number of rotatable bonds is 9. The molecule has 6 N–H and O–H groups in total. The van der Waals surface area contributed by atoms with E-state index in [1.54, 1.807) is 17.1 Å². The highest BCUT2D eigenvalue weighted by Crippen LogP contribution is 2.36. The van der Waals surface area contributed by atoms with Crippen LogP contribution in [0.5, 0.6) is 5.75 Å². The number of aromatic nitrogens is 6. The average molecular weight is 614 g/mol. The number of phenolic OH excluding ortho intramolecular Hbond substituents is 1. The summed E-state index contributed by atoms with van der Waals surface area (Å²) >= 11 is 0. The fourth-order valence-electron chi connectivity index (χ4n) is 5.80. The Kier molecular flexibility index (Phi) is 7.13. The van der Waals surface area contributed by atoms with Crippen LogP contribution in [0.1, 0.15) is 44.3 Å². The van der Waals surface area contributed by atoms with Gasteiger partial charge in [0, 0.05) is 30.3 Å². The summed E-state index contributed by atoms with van der Waals surface area (Å²) in [7, 11) is 0. The molecule has 1 amide bonds. The second kappa shape index (κ2) is 11.6. The third-order valence-electron chi connectivity index (χ3n) is 7.96. The number of nitrogens with zero attached hydrogens (tertiary/aromatic N) is 7. The molecule has 4 heterocycles. The first-order valence-corrected chi connectivity index (χ1v) is 14.4. The second-order valence-electron chi connectivity index (χ2n) is 10.7. The fourth-order valence-corrected chi connectivity index (χ4v) is 5.80. The van der Waals surface area contributed by atoms with Crippen LogP contribution < -0.4 is 16.4 Å². The Balaban J connectivity index is 1.27. The van der Waals surface area contributed by atoms with Gasteiger partial charge in [-0.15, -0.1) is 0 Å². The lowest BCUT2D eigenvalue weighted by Gasteiger charge is -2.18. The smallest absolute Gasteiger partial charge is 0.253 e. The number of nitrogens with one attached hydrogen (secondary N) is 3. The maximum Gasteiger partial charge on any atom is 0.253 e. The number of pyridine rings is 2. The number of hydrogen-bond donors (Lipinski definition) is 5. The SMILES string of the molecule is N=NCNc1cc(O)c(C=O)cc1C(=O)N[C@H]1CCc2cc(-n3c(-c4cccnc4N)nc4ccc(-n5cccn5)nc43)ccc21. The number of hydrogen-bond acceptors (Lipinski definition) is 11. The van der Waals surface area contributed by atoms with Gasteiger partial charge in [-0.2, -0.15) is 10.2 Å². The zero-order chi connectivity index (χ0) is 31.8. The number of carbonyl (C=O) groups is 2. The van der Waals surface area contributed by atoms with Gasteiger partial charge in [-0.05, 0) is 72.5 Å². The van der Waals surface area contributed by atoms with Crippen molar-refractivity contribution < 1.29 is 14.7 Å². The second-order valence-corrected chi connectivity index (χ2v) is 10.7. The topological polar surface area (TPSA) is 202 Å². The number of amides is 1. The van der Waals surface area contributed by atoms with E-state index in [1.807, 2.05) is 53.2 Å². The minimum atomic E-state index is -0.428. The first kappa shape index (κ1) is 28.3. The molecule has 0 saturated heterocycles. The van der Waals surface area contributed by atoms with E-state index in [-0.39, 0.29) is 35.3 Å². The number of nitrogens with two attached hydrogens (primary N) is 1. The number of fused-ring (bicyclic) bond motifs is 2. The van der Waals surface area contributed by atoms with Gasteiger partial charge >= 0.3 is 0 Å². The lowest BCUT2D eigenvalue weighted by molar-refractivity contribution is 0.0937. The number of aryl methyl sites for hydroxylation is 1. The molecule has 1 atom stereocenters. The van der Waals surface area contributed by atoms with Crippen LogP contribution in [0.25, 0.3) is 34.1 Å². The van der Waals surface area contributed by atoms with Gasteiger partial charge in [-0.25, -0.2) is 25.2 Å². The average Bonchev–Trinajstić information content (AvgIpc) is 3.83. The van der Waals surface area contributed by atoms with Crippen molar-refractivity contribution in [3.8, 4) is 28.6 Å². The van der Waals surface area contributed by atoms with Crippen molar-refractivity contribution in [2.45, 2.75) is 18.9 Å². The summed E-state index contributed by atoms with van der Waals surface area (Å²) in [6.07, 6.45) is 6.98. The van der Waals surface area contributed by atoms with Crippen molar-refractivity contribution in [2.24, 2.45) is 5.11 Å². The summed E-state index contributed by atoms with van der Waals surface area (Å²) < 4.78 is 3.63. The molecule has 228 valence electrons. The van der Waals surface area contributed by atoms with Crippen molar-refractivity contribution >= 4 is 34.9 Å². The number of anilines is 2. The zero-order valence-electron chi connectivity index (χ0n) is 24.3. The number of aldehydes is 1. The first-order valence-electron chi connectivity index (χ1n) is 14.4. The van der Waals surface area contributed by atoms with Gasteiger partial charge in [0.1, 0.15) is 23.8 Å². The van der Waals surface area contributed by atoms with Gasteiger partial charge in [-0.3, -0.25) is 14.2 Å². The molecule has 0 bridgehead atoms. The molecule has 1 aliphatic rings. The van der Waals surface area contributed by atoms with Crippen LogP contribution in [0.15, 0.2) is 84.4 Å². The maximum absolute atomic E-state index is 13.5. The van der Waals surface area contributed by atoms with Crippen molar-refractivity contribution in [1.29, 1.82) is 5.53 Å². The third kappa shape index (κ3) is 4.96. The fraction of sp³-hybridized carbons (Fsp3) is 0.125. The molecular weight excluding hydrogens is 586 g/mol. The quantitative estimate of drug-likeness (QED) is 0.114. The van der Waals surface area contributed by atoms with Crippen LogP contribution >= 0.6 is 0 Å². The zero-order valence-corrected chi connectivity index (χ0v) is 24.3. The number of carbonyl (C=O) groups excluding carboxylic acids is 2. The molecule has 0 radical (unpaired) electrons. The van der Waals surface area contributed by atoms with Crippen LogP contribution in [-0.2, 0) is 6.42 Å². The van der Waals surface area contributed by atoms with Gasteiger partial charge in [-0.1, -0.05) is 6.07 Å². The molecule has 1 aliphatic carbocycles. The Labute approximate surface area is 261 Å². The van der Waals surface area contributed by atoms with Crippen LogP contribution in [-0.4, -0.2) is 53.3 Å². The van der Waals surface area contributed by atoms with E-state index in [0.717, 1.165) is 16.8 Å². The minimum Gasteiger partial charge on any atom is -0.507 e. The van der Waals surface area contributed by atoms with Gasteiger partial charge < -0.3 is 21.5 Å². The summed E-state index contributed by atoms with van der Waals surface area (Å²) in [6.45, 7) is -0.0941. The normalized spacial score (nSPS) is 13.8. The Morgan fingerprint density at radius 1 is 1.13 bits per heavy atom. The Bertz CT molecular complexity index is 2140. The van der Waals surface area contributed by atoms with Crippen LogP contribution in [0.3, 0.4) is 0 Å². The number of benzene rings is 2. The predicted octanol–water partition coefficient (Wildman–Crippen LogP) is 4.59. The third-order valence-corrected chi connectivity index (χ3v) is 7.96. The highest BCUT2D eigenvalue weighted by atomic mass is 16.3. The molecule has 0 fully saturated rings. The first-order chi connectivity index (χ1) is 22.4. The molecule has 14 nitrogen and oxygen atoms in total. The van der Waals surface area contributed by atoms with Crippen molar-refractivity contribution in [3.63, 3.8) is 0 Å². The predicted molar refractivity (Wildman–Crippen MR) is 169 cm³/mol. The molecule has 0 saturated carbocycles. The van der Waals surface area contributed by atoms with Crippen molar-refractivity contribution in [3.05, 3.63) is 102 Å².